The summed E-state index contributed by atoms with van der Waals surface area (Å²) < 4.78 is 0. The molecule has 1 fully saturated rings. The fourth-order valence-corrected chi connectivity index (χ4v) is 1.07. The van der Waals surface area contributed by atoms with Crippen LogP contribution >= 0.6 is 0 Å². The van der Waals surface area contributed by atoms with Gasteiger partial charge in [0.15, 0.2) is 6.29 Å². The second kappa shape index (κ2) is 2.94. The second-order valence-electron chi connectivity index (χ2n) is 2.54. The zero-order chi connectivity index (χ0) is 7.56. The highest BCUT2D eigenvalue weighted by atomic mass is 16.3. The fraction of sp³-hybridized carbons (Fsp3) is 1.00. The summed E-state index contributed by atoms with van der Waals surface area (Å²) in [6.45, 7) is 1.53. The Morgan fingerprint density at radius 3 is 2.80 bits per heavy atom. The molecule has 0 aromatic carbocycles. The van der Waals surface area contributed by atoms with Crippen molar-refractivity contribution in [1.29, 1.82) is 0 Å². The second-order valence-corrected chi connectivity index (χ2v) is 2.54. The predicted octanol–water partition coefficient (Wildman–Crippen LogP) is -0.582. The minimum absolute atomic E-state index is 0.0162. The van der Waals surface area contributed by atoms with Crippen LogP contribution in [0.15, 0.2) is 5.29 Å². The van der Waals surface area contributed by atoms with Gasteiger partial charge in [0.05, 0.1) is 11.8 Å². The Hall–Kier alpha value is -0.680. The molecule has 1 N–H and O–H groups in total. The Labute approximate surface area is 59.9 Å². The van der Waals surface area contributed by atoms with Crippen molar-refractivity contribution < 1.29 is 0 Å². The van der Waals surface area contributed by atoms with E-state index in [0.717, 1.165) is 6.54 Å². The first-order chi connectivity index (χ1) is 4.75. The van der Waals surface area contributed by atoms with Gasteiger partial charge in [-0.3, -0.25) is 10.2 Å². The maximum Gasteiger partial charge on any atom is 0.156 e. The molecule has 0 spiro atoms. The lowest BCUT2D eigenvalue weighted by molar-refractivity contribution is 0.106. The van der Waals surface area contributed by atoms with E-state index in [1.165, 1.54) is 5.01 Å². The van der Waals surface area contributed by atoms with E-state index >= 15 is 0 Å². The summed E-state index contributed by atoms with van der Waals surface area (Å²) in [5.74, 6) is 0. The van der Waals surface area contributed by atoms with Crippen molar-refractivity contribution in [3.05, 3.63) is 4.91 Å². The Morgan fingerprint density at radius 2 is 2.40 bits per heavy atom. The molecule has 1 rings (SSSR count). The molecule has 0 aliphatic carbocycles. The Kier molecular flexibility index (Phi) is 2.18. The third-order valence-electron chi connectivity index (χ3n) is 1.54. The predicted molar refractivity (Wildman–Crippen MR) is 38.0 cm³/mol. The van der Waals surface area contributed by atoms with Gasteiger partial charge < -0.3 is 0 Å². The molecular formula is C5H12N4O. The first kappa shape index (κ1) is 7.43. The van der Waals surface area contributed by atoms with Gasteiger partial charge in [0.25, 0.3) is 0 Å². The highest BCUT2D eigenvalue weighted by Gasteiger charge is 2.24. The van der Waals surface area contributed by atoms with Crippen LogP contribution < -0.4 is 5.32 Å². The molecule has 1 saturated heterocycles. The van der Waals surface area contributed by atoms with Gasteiger partial charge in [-0.05, 0) is 14.1 Å². The Morgan fingerprint density at radius 1 is 1.70 bits per heavy atom. The van der Waals surface area contributed by atoms with E-state index < -0.39 is 0 Å². The number of nitroso groups, excluding NO2 is 1. The number of rotatable bonds is 2. The highest BCUT2D eigenvalue weighted by molar-refractivity contribution is 4.71. The molecule has 0 amide bonds. The van der Waals surface area contributed by atoms with Crippen LogP contribution in [0.5, 0.6) is 0 Å². The lowest BCUT2D eigenvalue weighted by Crippen LogP contribution is -2.44. The van der Waals surface area contributed by atoms with Crippen molar-refractivity contribution in [2.45, 2.75) is 6.29 Å². The number of nitrogens with one attached hydrogen (secondary N) is 1. The maximum absolute atomic E-state index is 10.1. The number of nitrogens with zero attached hydrogens (tertiary/aromatic N) is 3. The first-order valence-electron chi connectivity index (χ1n) is 3.25. The van der Waals surface area contributed by atoms with E-state index in [1.54, 1.807) is 0 Å². The summed E-state index contributed by atoms with van der Waals surface area (Å²) in [5.41, 5.74) is 0. The first-order valence-corrected chi connectivity index (χ1v) is 3.25. The number of hydrogen-bond acceptors (Lipinski definition) is 4. The smallest absolute Gasteiger partial charge is 0.156 e. The molecular weight excluding hydrogens is 132 g/mol. The van der Waals surface area contributed by atoms with Gasteiger partial charge in [-0.1, -0.05) is 0 Å². The lowest BCUT2D eigenvalue weighted by atomic mass is 10.7. The van der Waals surface area contributed by atoms with Gasteiger partial charge in [-0.2, -0.15) is 0 Å². The maximum atomic E-state index is 10.1. The van der Waals surface area contributed by atoms with E-state index in [2.05, 4.69) is 10.6 Å². The molecule has 58 valence electrons. The van der Waals surface area contributed by atoms with Crippen molar-refractivity contribution in [3.8, 4) is 0 Å². The Balaban J connectivity index is 2.49. The van der Waals surface area contributed by atoms with Crippen LogP contribution in [0.4, 0.5) is 0 Å². The standard InChI is InChI=1S/C5H12N4O/c1-8(2)5-6-3-4-9(5)7-10/h5-6H,3-4H2,1-2H3. The minimum Gasteiger partial charge on any atom is -0.282 e. The van der Waals surface area contributed by atoms with E-state index in [4.69, 9.17) is 0 Å². The minimum atomic E-state index is -0.0162. The van der Waals surface area contributed by atoms with Crippen molar-refractivity contribution in [3.63, 3.8) is 0 Å². The lowest BCUT2D eigenvalue weighted by Gasteiger charge is -2.23. The van der Waals surface area contributed by atoms with Crippen LogP contribution in [0, 0.1) is 4.91 Å². The third-order valence-corrected chi connectivity index (χ3v) is 1.54. The summed E-state index contributed by atoms with van der Waals surface area (Å²) in [7, 11) is 3.81. The van der Waals surface area contributed by atoms with E-state index in [0.29, 0.717) is 6.54 Å². The molecule has 0 bridgehead atoms. The van der Waals surface area contributed by atoms with Gasteiger partial charge in [0, 0.05) is 6.54 Å². The van der Waals surface area contributed by atoms with E-state index in [9.17, 15) is 4.91 Å². The largest absolute Gasteiger partial charge is 0.282 e. The van der Waals surface area contributed by atoms with Crippen LogP contribution in [0.2, 0.25) is 0 Å². The van der Waals surface area contributed by atoms with E-state index in [-0.39, 0.29) is 6.29 Å². The molecule has 1 atom stereocenters. The van der Waals surface area contributed by atoms with Crippen molar-refractivity contribution in [1.82, 2.24) is 15.2 Å². The van der Waals surface area contributed by atoms with Gasteiger partial charge in [-0.25, -0.2) is 5.01 Å². The molecule has 1 aliphatic rings. The highest BCUT2D eigenvalue weighted by Crippen LogP contribution is 2.04. The third kappa shape index (κ3) is 1.25. The zero-order valence-corrected chi connectivity index (χ0v) is 6.24. The van der Waals surface area contributed by atoms with Crippen LogP contribution in [-0.2, 0) is 0 Å². The normalized spacial score (nSPS) is 25.9. The molecule has 1 unspecified atom stereocenters. The SMILES string of the molecule is CN(C)C1NCCN1N=O. The van der Waals surface area contributed by atoms with Gasteiger partial charge >= 0.3 is 0 Å². The Bertz CT molecular complexity index is 127. The van der Waals surface area contributed by atoms with Gasteiger partial charge in [0.1, 0.15) is 0 Å². The summed E-state index contributed by atoms with van der Waals surface area (Å²) in [6.07, 6.45) is -0.0162. The molecule has 0 radical (unpaired) electrons. The fourth-order valence-electron chi connectivity index (χ4n) is 1.07. The van der Waals surface area contributed by atoms with Crippen molar-refractivity contribution >= 4 is 0 Å². The van der Waals surface area contributed by atoms with Crippen LogP contribution in [0.25, 0.3) is 0 Å². The summed E-state index contributed by atoms with van der Waals surface area (Å²) >= 11 is 0. The van der Waals surface area contributed by atoms with Gasteiger partial charge in [0.2, 0.25) is 0 Å². The summed E-state index contributed by atoms with van der Waals surface area (Å²) in [4.78, 5) is 12.0. The zero-order valence-electron chi connectivity index (χ0n) is 6.24. The molecule has 1 aliphatic heterocycles. The quantitative estimate of drug-likeness (QED) is 0.527. The molecule has 10 heavy (non-hydrogen) atoms. The van der Waals surface area contributed by atoms with Crippen LogP contribution in [-0.4, -0.2) is 43.4 Å². The average molecular weight is 144 g/mol. The van der Waals surface area contributed by atoms with Crippen molar-refractivity contribution in [2.24, 2.45) is 5.29 Å². The summed E-state index contributed by atoms with van der Waals surface area (Å²) in [5, 5.41) is 7.47. The van der Waals surface area contributed by atoms with E-state index in [1.807, 2.05) is 19.0 Å². The average Bonchev–Trinajstić information content (AvgIpc) is 2.33. The van der Waals surface area contributed by atoms with Gasteiger partial charge in [-0.15, -0.1) is 4.91 Å². The summed E-state index contributed by atoms with van der Waals surface area (Å²) in [6, 6.07) is 0. The topological polar surface area (TPSA) is 47.9 Å². The molecule has 0 aromatic heterocycles. The molecule has 5 nitrogen and oxygen atoms in total. The van der Waals surface area contributed by atoms with Crippen LogP contribution in [0.1, 0.15) is 0 Å². The monoisotopic (exact) mass is 144 g/mol. The molecule has 0 saturated carbocycles. The van der Waals surface area contributed by atoms with Crippen molar-refractivity contribution in [2.75, 3.05) is 27.2 Å². The molecule has 0 aromatic rings. The molecule has 5 heteroatoms. The number of hydrogen-bond donors (Lipinski definition) is 1. The molecule has 1 heterocycles. The van der Waals surface area contributed by atoms with Crippen LogP contribution in [0.3, 0.4) is 0 Å².